The van der Waals surface area contributed by atoms with E-state index < -0.39 is 0 Å². The Morgan fingerprint density at radius 3 is 2.47 bits per heavy atom. The monoisotopic (exact) mass is 337 g/mol. The summed E-state index contributed by atoms with van der Waals surface area (Å²) < 4.78 is 11.0. The van der Waals surface area contributed by atoms with Crippen LogP contribution in [0.25, 0.3) is 0 Å². The summed E-state index contributed by atoms with van der Waals surface area (Å²) in [4.78, 5) is 12.0. The maximum absolute atomic E-state index is 12.0. The average Bonchev–Trinajstić information content (AvgIpc) is 2.28. The number of ketones is 1. The van der Waals surface area contributed by atoms with Gasteiger partial charge in [-0.3, -0.25) is 4.79 Å². The lowest BCUT2D eigenvalue weighted by Crippen LogP contribution is -2.06. The van der Waals surface area contributed by atoms with Gasteiger partial charge in [0, 0.05) is 0 Å². The third-order valence-corrected chi connectivity index (χ3v) is 3.30. The third-order valence-electron chi connectivity index (χ3n) is 2.18. The molecule has 0 unspecified atom stereocenters. The van der Waals surface area contributed by atoms with Crippen LogP contribution in [-0.4, -0.2) is 26.2 Å². The lowest BCUT2D eigenvalue weighted by atomic mass is 10.1. The van der Waals surface area contributed by atoms with E-state index in [1.54, 1.807) is 6.07 Å². The zero-order chi connectivity index (χ0) is 13.0. The van der Waals surface area contributed by atoms with Gasteiger partial charge in [0.2, 0.25) is 0 Å². The van der Waals surface area contributed by atoms with Crippen molar-refractivity contribution in [3.8, 4) is 11.5 Å². The quantitative estimate of drug-likeness (QED) is 0.604. The molecule has 0 aliphatic rings. The molecule has 1 rings (SSSR count). The van der Waals surface area contributed by atoms with Crippen molar-refractivity contribution in [1.29, 1.82) is 0 Å². The van der Waals surface area contributed by atoms with E-state index in [1.165, 1.54) is 14.2 Å². The molecule has 0 spiro atoms. The molecule has 0 bridgehead atoms. The smallest absolute Gasteiger partial charge is 0.168 e. The van der Waals surface area contributed by atoms with Crippen LogP contribution >= 0.6 is 36.8 Å². The predicted molar refractivity (Wildman–Crippen MR) is 74.4 cm³/mol. The second-order valence-corrected chi connectivity index (χ2v) is 4.97. The van der Waals surface area contributed by atoms with Crippen molar-refractivity contribution < 1.29 is 14.3 Å². The molecular weight excluding hydrogens is 326 g/mol. The Labute approximate surface area is 116 Å². The van der Waals surface area contributed by atoms with Crippen LogP contribution in [0.4, 0.5) is 0 Å². The number of hydrogen-bond donors (Lipinski definition) is 0. The lowest BCUT2D eigenvalue weighted by Gasteiger charge is -2.15. The molecule has 1 aromatic rings. The number of carbonyl (C=O) groups is 1. The fourth-order valence-corrected chi connectivity index (χ4v) is 2.70. The highest BCUT2D eigenvalue weighted by Gasteiger charge is 2.22. The minimum atomic E-state index is -0.0862. The van der Waals surface area contributed by atoms with Crippen molar-refractivity contribution in [2.24, 2.45) is 0 Å². The van der Waals surface area contributed by atoms with Crippen LogP contribution in [0, 0.1) is 0 Å². The van der Waals surface area contributed by atoms with Gasteiger partial charge in [-0.2, -0.15) is 6.16 Å². The minimum Gasteiger partial charge on any atom is -0.558 e. The van der Waals surface area contributed by atoms with E-state index in [2.05, 4.69) is 25.2 Å². The fraction of sp³-hybridized carbons (Fsp3) is 0.364. The molecule has 17 heavy (non-hydrogen) atoms. The molecule has 3 nitrogen and oxygen atoms in total. The summed E-state index contributed by atoms with van der Waals surface area (Å²) in [5.41, 5.74) is 0.368. The SMILES string of the molecule is COc1c(Cl)cc(Br)c(OC)c1C(=O)CC[PH-]. The molecule has 0 heterocycles. The molecule has 1 aromatic carbocycles. The molecular formula is C11H12BrClO3P-. The summed E-state index contributed by atoms with van der Waals surface area (Å²) in [6, 6.07) is 1.64. The van der Waals surface area contributed by atoms with E-state index in [0.29, 0.717) is 39.1 Å². The van der Waals surface area contributed by atoms with Crippen molar-refractivity contribution >= 4 is 42.6 Å². The number of ether oxygens (including phenoxy) is 2. The molecule has 0 atom stereocenters. The van der Waals surface area contributed by atoms with Crippen molar-refractivity contribution in [3.63, 3.8) is 0 Å². The van der Waals surface area contributed by atoms with Gasteiger partial charge in [-0.15, -0.1) is 0 Å². The fourth-order valence-electron chi connectivity index (χ4n) is 1.48. The van der Waals surface area contributed by atoms with Gasteiger partial charge >= 0.3 is 0 Å². The van der Waals surface area contributed by atoms with Crippen molar-refractivity contribution in [2.45, 2.75) is 6.42 Å². The first kappa shape index (κ1) is 14.7. The van der Waals surface area contributed by atoms with E-state index in [0.717, 1.165) is 0 Å². The summed E-state index contributed by atoms with van der Waals surface area (Å²) >= 11 is 9.34. The number of halogens is 2. The van der Waals surface area contributed by atoms with Crippen LogP contribution in [0.5, 0.6) is 11.5 Å². The summed E-state index contributed by atoms with van der Waals surface area (Å²) in [6.45, 7) is 0. The minimum absolute atomic E-state index is 0.0862. The van der Waals surface area contributed by atoms with Crippen molar-refractivity contribution in [1.82, 2.24) is 0 Å². The van der Waals surface area contributed by atoms with Gasteiger partial charge in [0.1, 0.15) is 11.3 Å². The standard InChI is InChI=1S/C11H12BrClO3P/c1-15-10-6(12)5-7(13)11(16-2)9(10)8(14)3-4-17/h5,17H,3-4H2,1-2H3/q-1. The molecule has 0 aliphatic carbocycles. The summed E-state index contributed by atoms with van der Waals surface area (Å²) in [6.07, 6.45) is 0.908. The topological polar surface area (TPSA) is 35.5 Å². The normalized spacial score (nSPS) is 10.2. The highest BCUT2D eigenvalue weighted by Crippen LogP contribution is 2.41. The van der Waals surface area contributed by atoms with Crippen LogP contribution in [0.3, 0.4) is 0 Å². The Morgan fingerprint density at radius 1 is 1.41 bits per heavy atom. The number of carbonyl (C=O) groups excluding carboxylic acids is 1. The molecule has 0 amide bonds. The first-order valence-corrected chi connectivity index (χ1v) is 6.72. The van der Waals surface area contributed by atoms with Gasteiger partial charge < -0.3 is 18.7 Å². The Balaban J connectivity index is 3.45. The van der Waals surface area contributed by atoms with E-state index in [9.17, 15) is 4.79 Å². The van der Waals surface area contributed by atoms with Gasteiger partial charge in [0.15, 0.2) is 11.5 Å². The zero-order valence-corrected chi connectivity index (χ0v) is 12.8. The second-order valence-electron chi connectivity index (χ2n) is 3.20. The van der Waals surface area contributed by atoms with Gasteiger partial charge in [-0.25, -0.2) is 0 Å². The van der Waals surface area contributed by atoms with Gasteiger partial charge in [-0.05, 0) is 28.4 Å². The van der Waals surface area contributed by atoms with Crippen molar-refractivity contribution in [3.05, 3.63) is 21.1 Å². The highest BCUT2D eigenvalue weighted by atomic mass is 79.9. The maximum atomic E-state index is 12.0. The number of benzene rings is 1. The average molecular weight is 339 g/mol. The number of methoxy groups -OCH3 is 2. The number of hydrogen-bond acceptors (Lipinski definition) is 3. The highest BCUT2D eigenvalue weighted by molar-refractivity contribution is 9.10. The molecule has 0 radical (unpaired) electrons. The molecule has 0 aromatic heterocycles. The molecule has 0 aliphatic heterocycles. The van der Waals surface area contributed by atoms with E-state index >= 15 is 0 Å². The van der Waals surface area contributed by atoms with Crippen molar-refractivity contribution in [2.75, 3.05) is 20.4 Å². The number of rotatable bonds is 5. The van der Waals surface area contributed by atoms with Gasteiger partial charge in [0.25, 0.3) is 0 Å². The second kappa shape index (κ2) is 6.58. The Bertz CT molecular complexity index is 409. The molecule has 94 valence electrons. The zero-order valence-electron chi connectivity index (χ0n) is 9.47. The summed E-state index contributed by atoms with van der Waals surface area (Å²) in [5.74, 6) is 0.699. The first-order valence-electron chi connectivity index (χ1n) is 4.84. The summed E-state index contributed by atoms with van der Waals surface area (Å²) in [5, 5.41) is 0.373. The maximum Gasteiger partial charge on any atom is 0.168 e. The Kier molecular flexibility index (Phi) is 5.71. The van der Waals surface area contributed by atoms with E-state index in [4.69, 9.17) is 21.1 Å². The molecule has 0 N–H and O–H groups in total. The summed E-state index contributed by atoms with van der Waals surface area (Å²) in [7, 11) is 6.25. The number of Topliss-reactive ketones (excluding diaryl/α,β-unsaturated/α-hetero) is 1. The van der Waals surface area contributed by atoms with Crippen LogP contribution in [-0.2, 0) is 0 Å². The van der Waals surface area contributed by atoms with E-state index in [1.807, 2.05) is 0 Å². The van der Waals surface area contributed by atoms with Crippen LogP contribution in [0.2, 0.25) is 5.02 Å². The lowest BCUT2D eigenvalue weighted by molar-refractivity contribution is 0.0983. The third kappa shape index (κ3) is 3.12. The molecule has 0 saturated carbocycles. The predicted octanol–water partition coefficient (Wildman–Crippen LogP) is 3.84. The van der Waals surface area contributed by atoms with E-state index in [-0.39, 0.29) is 5.78 Å². The molecule has 0 fully saturated rings. The van der Waals surface area contributed by atoms with Crippen LogP contribution in [0.1, 0.15) is 16.8 Å². The van der Waals surface area contributed by atoms with Crippen LogP contribution < -0.4 is 9.47 Å². The molecule has 0 saturated heterocycles. The van der Waals surface area contributed by atoms with Gasteiger partial charge in [0.05, 0.1) is 23.7 Å². The first-order chi connectivity index (χ1) is 8.06. The molecule has 6 heteroatoms. The Morgan fingerprint density at radius 2 is 2.00 bits per heavy atom. The van der Waals surface area contributed by atoms with Crippen LogP contribution in [0.15, 0.2) is 10.5 Å². The Hall–Kier alpha value is -0.310. The largest absolute Gasteiger partial charge is 0.558 e. The van der Waals surface area contributed by atoms with Gasteiger partial charge in [-0.1, -0.05) is 11.6 Å².